The monoisotopic (exact) mass is 250 g/mol. The summed E-state index contributed by atoms with van der Waals surface area (Å²) < 4.78 is 20.4. The molecule has 0 aliphatic rings. The fraction of sp³-hybridized carbons (Fsp3) is 0.308. The molecule has 4 nitrogen and oxygen atoms in total. The van der Waals surface area contributed by atoms with Crippen LogP contribution in [0, 0.1) is 5.82 Å². The molecule has 1 heterocycles. The van der Waals surface area contributed by atoms with Crippen molar-refractivity contribution in [3.63, 3.8) is 0 Å². The van der Waals surface area contributed by atoms with E-state index in [4.69, 9.17) is 4.74 Å². The number of aromatic nitrogens is 2. The first-order valence-electron chi connectivity index (χ1n) is 5.63. The standard InChI is InChI=1S/C13H15FN2O2/c1-9(17)11-6-15-16(8-11)7-10-4-3-5-12(18-2)13(10)14/h3-6,8-9,17H,7H2,1-2H3. The van der Waals surface area contributed by atoms with Gasteiger partial charge < -0.3 is 9.84 Å². The Morgan fingerprint density at radius 2 is 2.28 bits per heavy atom. The summed E-state index contributed by atoms with van der Waals surface area (Å²) in [6, 6.07) is 4.99. The molecule has 0 saturated carbocycles. The van der Waals surface area contributed by atoms with E-state index in [0.29, 0.717) is 17.7 Å². The zero-order valence-electron chi connectivity index (χ0n) is 10.3. The third-order valence-corrected chi connectivity index (χ3v) is 2.73. The van der Waals surface area contributed by atoms with E-state index >= 15 is 0 Å². The zero-order chi connectivity index (χ0) is 13.1. The van der Waals surface area contributed by atoms with Crippen molar-refractivity contribution >= 4 is 0 Å². The van der Waals surface area contributed by atoms with Crippen molar-refractivity contribution in [3.8, 4) is 5.75 Å². The molecule has 1 aromatic carbocycles. The first-order chi connectivity index (χ1) is 8.61. The smallest absolute Gasteiger partial charge is 0.170 e. The number of halogens is 1. The van der Waals surface area contributed by atoms with Crippen LogP contribution in [0.2, 0.25) is 0 Å². The van der Waals surface area contributed by atoms with E-state index in [9.17, 15) is 9.50 Å². The molecule has 0 aliphatic heterocycles. The number of ether oxygens (including phenoxy) is 1. The van der Waals surface area contributed by atoms with Crippen LogP contribution in [0.5, 0.6) is 5.75 Å². The quantitative estimate of drug-likeness (QED) is 0.904. The molecule has 96 valence electrons. The lowest BCUT2D eigenvalue weighted by atomic mass is 10.2. The summed E-state index contributed by atoms with van der Waals surface area (Å²) in [5.74, 6) is -0.162. The highest BCUT2D eigenvalue weighted by atomic mass is 19.1. The summed E-state index contributed by atoms with van der Waals surface area (Å²) in [5.41, 5.74) is 1.20. The third kappa shape index (κ3) is 2.51. The number of nitrogens with zero attached hydrogens (tertiary/aromatic N) is 2. The molecule has 5 heteroatoms. The molecule has 0 aliphatic carbocycles. The number of aliphatic hydroxyl groups is 1. The molecule has 1 N–H and O–H groups in total. The van der Waals surface area contributed by atoms with Gasteiger partial charge in [-0.3, -0.25) is 4.68 Å². The van der Waals surface area contributed by atoms with Gasteiger partial charge in [-0.2, -0.15) is 5.10 Å². The zero-order valence-corrected chi connectivity index (χ0v) is 10.3. The Hall–Kier alpha value is -1.88. The highest BCUT2D eigenvalue weighted by Crippen LogP contribution is 2.21. The Bertz CT molecular complexity index is 538. The van der Waals surface area contributed by atoms with Crippen LogP contribution in [0.3, 0.4) is 0 Å². The molecular formula is C13H15FN2O2. The summed E-state index contributed by atoms with van der Waals surface area (Å²) >= 11 is 0. The summed E-state index contributed by atoms with van der Waals surface area (Å²) in [4.78, 5) is 0. The van der Waals surface area contributed by atoms with Gasteiger partial charge in [-0.15, -0.1) is 0 Å². The van der Waals surface area contributed by atoms with Gasteiger partial charge in [-0.05, 0) is 13.0 Å². The first kappa shape index (κ1) is 12.6. The normalized spacial score (nSPS) is 12.4. The fourth-order valence-electron chi connectivity index (χ4n) is 1.69. The van der Waals surface area contributed by atoms with Crippen LogP contribution in [0.25, 0.3) is 0 Å². The largest absolute Gasteiger partial charge is 0.494 e. The number of hydrogen-bond donors (Lipinski definition) is 1. The number of hydrogen-bond acceptors (Lipinski definition) is 3. The molecule has 0 amide bonds. The predicted octanol–water partition coefficient (Wildman–Crippen LogP) is 2.13. The van der Waals surface area contributed by atoms with Gasteiger partial charge in [0.2, 0.25) is 0 Å². The second-order valence-corrected chi connectivity index (χ2v) is 4.08. The lowest BCUT2D eigenvalue weighted by Crippen LogP contribution is -2.03. The Kier molecular flexibility index (Phi) is 3.62. The topological polar surface area (TPSA) is 47.3 Å². The van der Waals surface area contributed by atoms with Gasteiger partial charge in [0.25, 0.3) is 0 Å². The van der Waals surface area contributed by atoms with Crippen LogP contribution in [0.4, 0.5) is 4.39 Å². The maximum Gasteiger partial charge on any atom is 0.170 e. The maximum absolute atomic E-state index is 13.9. The fourth-order valence-corrected chi connectivity index (χ4v) is 1.69. The van der Waals surface area contributed by atoms with E-state index in [2.05, 4.69) is 5.10 Å². The molecular weight excluding hydrogens is 235 g/mol. The van der Waals surface area contributed by atoms with E-state index < -0.39 is 6.10 Å². The predicted molar refractivity (Wildman–Crippen MR) is 64.9 cm³/mol. The first-order valence-corrected chi connectivity index (χ1v) is 5.63. The molecule has 0 bridgehead atoms. The second kappa shape index (κ2) is 5.18. The van der Waals surface area contributed by atoms with Crippen LogP contribution in [0.1, 0.15) is 24.2 Å². The minimum Gasteiger partial charge on any atom is -0.494 e. The van der Waals surface area contributed by atoms with Crippen LogP contribution >= 0.6 is 0 Å². The van der Waals surface area contributed by atoms with Gasteiger partial charge in [0, 0.05) is 17.3 Å². The van der Waals surface area contributed by atoms with Crippen molar-refractivity contribution in [3.05, 3.63) is 47.5 Å². The lowest BCUT2D eigenvalue weighted by molar-refractivity contribution is 0.199. The van der Waals surface area contributed by atoms with Crippen molar-refractivity contribution in [2.75, 3.05) is 7.11 Å². The highest BCUT2D eigenvalue weighted by molar-refractivity contribution is 5.31. The average Bonchev–Trinajstić information content (AvgIpc) is 2.80. The molecule has 2 aromatic rings. The SMILES string of the molecule is COc1cccc(Cn2cc(C(C)O)cn2)c1F. The van der Waals surface area contributed by atoms with Gasteiger partial charge in [-0.1, -0.05) is 12.1 Å². The molecule has 1 atom stereocenters. The minimum atomic E-state index is -0.575. The molecule has 1 unspecified atom stereocenters. The summed E-state index contributed by atoms with van der Waals surface area (Å²) in [6.07, 6.45) is 2.70. The van der Waals surface area contributed by atoms with Crippen molar-refractivity contribution < 1.29 is 14.2 Å². The minimum absolute atomic E-state index is 0.218. The molecule has 2 rings (SSSR count). The van der Waals surface area contributed by atoms with Gasteiger partial charge in [0.05, 0.1) is 26.0 Å². The number of aliphatic hydroxyl groups excluding tert-OH is 1. The van der Waals surface area contributed by atoms with E-state index in [0.717, 1.165) is 0 Å². The van der Waals surface area contributed by atoms with Crippen LogP contribution < -0.4 is 4.74 Å². The van der Waals surface area contributed by atoms with Crippen molar-refractivity contribution in [2.45, 2.75) is 19.6 Å². The van der Waals surface area contributed by atoms with E-state index in [-0.39, 0.29) is 11.6 Å². The highest BCUT2D eigenvalue weighted by Gasteiger charge is 2.10. The summed E-state index contributed by atoms with van der Waals surface area (Å²) in [5, 5.41) is 13.5. The Labute approximate surface area is 105 Å². The van der Waals surface area contributed by atoms with Gasteiger partial charge in [0.1, 0.15) is 0 Å². The van der Waals surface area contributed by atoms with Crippen LogP contribution in [-0.2, 0) is 6.54 Å². The molecule has 0 radical (unpaired) electrons. The number of rotatable bonds is 4. The van der Waals surface area contributed by atoms with E-state index in [1.54, 1.807) is 42.2 Å². The molecule has 0 fully saturated rings. The molecule has 1 aromatic heterocycles. The average molecular weight is 250 g/mol. The summed E-state index contributed by atoms with van der Waals surface area (Å²) in [7, 11) is 1.43. The van der Waals surface area contributed by atoms with Crippen molar-refractivity contribution in [1.29, 1.82) is 0 Å². The second-order valence-electron chi connectivity index (χ2n) is 4.08. The van der Waals surface area contributed by atoms with Crippen molar-refractivity contribution in [2.24, 2.45) is 0 Å². The van der Waals surface area contributed by atoms with E-state index in [1.807, 2.05) is 0 Å². The lowest BCUT2D eigenvalue weighted by Gasteiger charge is -2.07. The van der Waals surface area contributed by atoms with Crippen LogP contribution in [-0.4, -0.2) is 22.0 Å². The summed E-state index contributed by atoms with van der Waals surface area (Å²) in [6.45, 7) is 1.96. The van der Waals surface area contributed by atoms with Crippen LogP contribution in [0.15, 0.2) is 30.6 Å². The molecule has 0 spiro atoms. The maximum atomic E-state index is 13.9. The Balaban J connectivity index is 2.23. The third-order valence-electron chi connectivity index (χ3n) is 2.73. The van der Waals surface area contributed by atoms with Gasteiger partial charge >= 0.3 is 0 Å². The molecule has 18 heavy (non-hydrogen) atoms. The van der Waals surface area contributed by atoms with Crippen molar-refractivity contribution in [1.82, 2.24) is 9.78 Å². The number of methoxy groups -OCH3 is 1. The van der Waals surface area contributed by atoms with Gasteiger partial charge in [-0.25, -0.2) is 4.39 Å². The number of benzene rings is 1. The Morgan fingerprint density at radius 3 is 2.89 bits per heavy atom. The van der Waals surface area contributed by atoms with Gasteiger partial charge in [0.15, 0.2) is 11.6 Å². The Morgan fingerprint density at radius 1 is 1.50 bits per heavy atom. The molecule has 0 saturated heterocycles. The van der Waals surface area contributed by atoms with E-state index in [1.165, 1.54) is 7.11 Å².